The van der Waals surface area contributed by atoms with Crippen molar-refractivity contribution in [3.05, 3.63) is 22.2 Å². The highest BCUT2D eigenvalue weighted by Gasteiger charge is 2.15. The van der Waals surface area contributed by atoms with Crippen LogP contribution in [0.1, 0.15) is 18.1 Å². The van der Waals surface area contributed by atoms with Crippen LogP contribution in [-0.2, 0) is 17.7 Å². The lowest BCUT2D eigenvalue weighted by molar-refractivity contribution is 0.140. The van der Waals surface area contributed by atoms with Gasteiger partial charge in [-0.2, -0.15) is 0 Å². The smallest absolute Gasteiger partial charge is 0.162 e. The molecule has 0 radical (unpaired) electrons. The fourth-order valence-electron chi connectivity index (χ4n) is 1.54. The van der Waals surface area contributed by atoms with Gasteiger partial charge in [-0.3, -0.25) is 0 Å². The molecule has 1 rings (SSSR count). The molecule has 0 heterocycles. The molecule has 0 saturated heterocycles. The van der Waals surface area contributed by atoms with E-state index in [0.29, 0.717) is 29.4 Å². The Hall–Kier alpha value is -0.970. The van der Waals surface area contributed by atoms with E-state index in [1.807, 2.05) is 6.92 Å². The van der Waals surface area contributed by atoms with Crippen LogP contribution in [0, 0.1) is 0 Å². The number of rotatable bonds is 5. The lowest BCUT2D eigenvalue weighted by Gasteiger charge is -2.14. The fraction of sp³-hybridized carbons (Fsp3) is 0.455. The van der Waals surface area contributed by atoms with Gasteiger partial charge < -0.3 is 14.7 Å². The zero-order chi connectivity index (χ0) is 12.1. The Morgan fingerprint density at radius 1 is 1.50 bits per heavy atom. The minimum atomic E-state index is 0.0572. The zero-order valence-corrected chi connectivity index (χ0v) is 10.2. The summed E-state index contributed by atoms with van der Waals surface area (Å²) in [6.07, 6.45) is 1.22. The van der Waals surface area contributed by atoms with E-state index in [4.69, 9.17) is 22.2 Å². The summed E-state index contributed by atoms with van der Waals surface area (Å²) in [6, 6.07) is 1.74. The largest absolute Gasteiger partial charge is 0.504 e. The summed E-state index contributed by atoms with van der Waals surface area (Å²) in [4.78, 5) is 4.49. The van der Waals surface area contributed by atoms with Gasteiger partial charge in [0.15, 0.2) is 11.5 Å². The van der Waals surface area contributed by atoms with Gasteiger partial charge in [0, 0.05) is 12.0 Å². The molecule has 5 heteroatoms. The van der Waals surface area contributed by atoms with Crippen LogP contribution < -0.4 is 10.6 Å². The number of halogens is 1. The second kappa shape index (κ2) is 5.94. The minimum Gasteiger partial charge on any atom is -0.504 e. The summed E-state index contributed by atoms with van der Waals surface area (Å²) in [5.74, 6) is 5.44. The molecule has 3 N–H and O–H groups in total. The van der Waals surface area contributed by atoms with E-state index < -0.39 is 0 Å². The van der Waals surface area contributed by atoms with Crippen LogP contribution in [0.3, 0.4) is 0 Å². The van der Waals surface area contributed by atoms with Gasteiger partial charge in [0.05, 0.1) is 18.7 Å². The maximum Gasteiger partial charge on any atom is 0.162 e. The highest BCUT2D eigenvalue weighted by atomic mass is 35.5. The maximum atomic E-state index is 9.91. The second-order valence-corrected chi connectivity index (χ2v) is 3.73. The van der Waals surface area contributed by atoms with Crippen LogP contribution in [0.4, 0.5) is 0 Å². The number of nitrogens with two attached hydrogens (primary N) is 1. The topological polar surface area (TPSA) is 64.7 Å². The molecule has 0 unspecified atom stereocenters. The molecule has 0 aliphatic rings. The predicted octanol–water partition coefficient (Wildman–Crippen LogP) is 2.05. The van der Waals surface area contributed by atoms with E-state index >= 15 is 0 Å². The van der Waals surface area contributed by atoms with E-state index in [1.54, 1.807) is 6.07 Å². The summed E-state index contributed by atoms with van der Waals surface area (Å²) in [6.45, 7) is 2.28. The van der Waals surface area contributed by atoms with Gasteiger partial charge in [-0.25, -0.2) is 5.90 Å². The molecule has 90 valence electrons. The standard InChI is InChI=1S/C11H16ClNO3/c1-3-7-6-9(15-2)11(14)8(10(7)12)4-5-16-13/h6,14H,3-5,13H2,1-2H3. The molecule has 0 spiro atoms. The normalized spacial score (nSPS) is 10.5. The van der Waals surface area contributed by atoms with Gasteiger partial charge in [0.2, 0.25) is 0 Å². The third-order valence-electron chi connectivity index (χ3n) is 2.44. The fourth-order valence-corrected chi connectivity index (χ4v) is 1.91. The highest BCUT2D eigenvalue weighted by molar-refractivity contribution is 6.32. The SMILES string of the molecule is CCc1cc(OC)c(O)c(CCON)c1Cl. The molecule has 1 aromatic carbocycles. The summed E-state index contributed by atoms with van der Waals surface area (Å²) in [7, 11) is 1.51. The molecule has 0 amide bonds. The van der Waals surface area contributed by atoms with Gasteiger partial charge >= 0.3 is 0 Å². The van der Waals surface area contributed by atoms with Gasteiger partial charge in [-0.15, -0.1) is 0 Å². The highest BCUT2D eigenvalue weighted by Crippen LogP contribution is 2.38. The van der Waals surface area contributed by atoms with Crippen molar-refractivity contribution < 1.29 is 14.7 Å². The number of ether oxygens (including phenoxy) is 1. The predicted molar refractivity (Wildman–Crippen MR) is 62.9 cm³/mol. The Morgan fingerprint density at radius 2 is 2.19 bits per heavy atom. The first-order valence-electron chi connectivity index (χ1n) is 5.04. The average molecular weight is 246 g/mol. The van der Waals surface area contributed by atoms with Crippen molar-refractivity contribution in [2.75, 3.05) is 13.7 Å². The van der Waals surface area contributed by atoms with Gasteiger partial charge in [-0.1, -0.05) is 18.5 Å². The van der Waals surface area contributed by atoms with Gasteiger partial charge in [-0.05, 0) is 18.1 Å². The average Bonchev–Trinajstić information content (AvgIpc) is 2.29. The first-order chi connectivity index (χ1) is 7.65. The molecular formula is C11H16ClNO3. The van der Waals surface area contributed by atoms with Crippen molar-refractivity contribution in [2.24, 2.45) is 5.90 Å². The number of aryl methyl sites for hydroxylation is 1. The van der Waals surface area contributed by atoms with Crippen molar-refractivity contribution in [3.8, 4) is 11.5 Å². The van der Waals surface area contributed by atoms with E-state index in [1.165, 1.54) is 7.11 Å². The summed E-state index contributed by atoms with van der Waals surface area (Å²) < 4.78 is 5.08. The van der Waals surface area contributed by atoms with Crippen LogP contribution in [0.25, 0.3) is 0 Å². The number of hydrogen-bond donors (Lipinski definition) is 2. The molecule has 16 heavy (non-hydrogen) atoms. The van der Waals surface area contributed by atoms with Crippen LogP contribution in [0.2, 0.25) is 5.02 Å². The van der Waals surface area contributed by atoms with Gasteiger partial charge in [0.1, 0.15) is 0 Å². The Bertz CT molecular complexity index is 340. The molecule has 0 bridgehead atoms. The van der Waals surface area contributed by atoms with Crippen LogP contribution in [0.5, 0.6) is 11.5 Å². The number of aromatic hydroxyl groups is 1. The monoisotopic (exact) mass is 245 g/mol. The van der Waals surface area contributed by atoms with Crippen LogP contribution >= 0.6 is 11.6 Å². The van der Waals surface area contributed by atoms with Crippen molar-refractivity contribution in [2.45, 2.75) is 19.8 Å². The van der Waals surface area contributed by atoms with Crippen molar-refractivity contribution >= 4 is 11.6 Å². The van der Waals surface area contributed by atoms with E-state index in [-0.39, 0.29) is 5.75 Å². The summed E-state index contributed by atoms with van der Waals surface area (Å²) >= 11 is 6.17. The number of benzene rings is 1. The Kier molecular flexibility index (Phi) is 4.86. The number of methoxy groups -OCH3 is 1. The van der Waals surface area contributed by atoms with Crippen molar-refractivity contribution in [3.63, 3.8) is 0 Å². The summed E-state index contributed by atoms with van der Waals surface area (Å²) in [5, 5.41) is 10.5. The third-order valence-corrected chi connectivity index (χ3v) is 2.91. The molecule has 4 nitrogen and oxygen atoms in total. The minimum absolute atomic E-state index is 0.0572. The first-order valence-corrected chi connectivity index (χ1v) is 5.42. The Morgan fingerprint density at radius 3 is 2.69 bits per heavy atom. The molecule has 0 saturated carbocycles. The Balaban J connectivity index is 3.20. The maximum absolute atomic E-state index is 9.91. The van der Waals surface area contributed by atoms with Crippen LogP contribution in [-0.4, -0.2) is 18.8 Å². The van der Waals surface area contributed by atoms with E-state index in [9.17, 15) is 5.11 Å². The Labute approximate surface area is 99.9 Å². The molecule has 0 aliphatic carbocycles. The van der Waals surface area contributed by atoms with Crippen molar-refractivity contribution in [1.82, 2.24) is 0 Å². The van der Waals surface area contributed by atoms with E-state index in [0.717, 1.165) is 12.0 Å². The van der Waals surface area contributed by atoms with Crippen LogP contribution in [0.15, 0.2) is 6.07 Å². The van der Waals surface area contributed by atoms with E-state index in [2.05, 4.69) is 4.84 Å². The lowest BCUT2D eigenvalue weighted by atomic mass is 10.0. The molecule has 0 aliphatic heterocycles. The van der Waals surface area contributed by atoms with Gasteiger partial charge in [0.25, 0.3) is 0 Å². The number of phenolic OH excluding ortho intramolecular Hbond substituents is 1. The second-order valence-electron chi connectivity index (χ2n) is 3.35. The quantitative estimate of drug-likeness (QED) is 0.780. The van der Waals surface area contributed by atoms with Crippen molar-refractivity contribution in [1.29, 1.82) is 0 Å². The molecule has 1 aromatic rings. The molecule has 0 atom stereocenters. The summed E-state index contributed by atoms with van der Waals surface area (Å²) in [5.41, 5.74) is 1.55. The molecule has 0 aromatic heterocycles. The molecular weight excluding hydrogens is 230 g/mol. The number of phenols is 1. The lowest BCUT2D eigenvalue weighted by Crippen LogP contribution is -2.05. The molecule has 0 fully saturated rings. The number of hydrogen-bond acceptors (Lipinski definition) is 4. The zero-order valence-electron chi connectivity index (χ0n) is 9.42. The third kappa shape index (κ3) is 2.58. The first kappa shape index (κ1) is 13.1.